The van der Waals surface area contributed by atoms with Gasteiger partial charge in [0.1, 0.15) is 5.75 Å². The summed E-state index contributed by atoms with van der Waals surface area (Å²) < 4.78 is 5.34. The molecule has 0 saturated heterocycles. The van der Waals surface area contributed by atoms with E-state index in [9.17, 15) is 0 Å². The van der Waals surface area contributed by atoms with E-state index < -0.39 is 0 Å². The monoisotopic (exact) mass is 327 g/mol. The van der Waals surface area contributed by atoms with E-state index in [1.165, 1.54) is 0 Å². The third kappa shape index (κ3) is 4.24. The van der Waals surface area contributed by atoms with Crippen LogP contribution < -0.4 is 10.1 Å². The number of nitrogens with zero attached hydrogens (tertiary/aromatic N) is 2. The van der Waals surface area contributed by atoms with Crippen LogP contribution in [0, 0.1) is 11.3 Å². The van der Waals surface area contributed by atoms with Crippen molar-refractivity contribution in [3.8, 4) is 11.8 Å². The number of benzene rings is 3. The van der Waals surface area contributed by atoms with Crippen LogP contribution in [0.15, 0.2) is 77.8 Å². The van der Waals surface area contributed by atoms with Crippen LogP contribution in [0.4, 0.5) is 17.1 Å². The van der Waals surface area contributed by atoms with Crippen molar-refractivity contribution in [3.05, 3.63) is 83.9 Å². The molecule has 0 heterocycles. The Hall–Kier alpha value is -3.58. The average Bonchev–Trinajstić information content (AvgIpc) is 2.68. The minimum atomic E-state index is 0.643. The lowest BCUT2D eigenvalue weighted by atomic mass is 10.2. The predicted octanol–water partition coefficient (Wildman–Crippen LogP) is 5.06. The van der Waals surface area contributed by atoms with E-state index in [1.54, 1.807) is 25.5 Å². The summed E-state index contributed by atoms with van der Waals surface area (Å²) in [5.41, 5.74) is 4.33. The van der Waals surface area contributed by atoms with Crippen molar-refractivity contribution in [1.29, 1.82) is 5.26 Å². The molecule has 0 bridgehead atoms. The molecular formula is C21H17N3O. The Kier molecular flexibility index (Phi) is 5.08. The number of aliphatic imine (C=N–C) groups is 1. The van der Waals surface area contributed by atoms with Crippen molar-refractivity contribution in [3.63, 3.8) is 0 Å². The van der Waals surface area contributed by atoms with Gasteiger partial charge in [0.15, 0.2) is 0 Å². The topological polar surface area (TPSA) is 57.4 Å². The predicted molar refractivity (Wildman–Crippen MR) is 101 cm³/mol. The number of rotatable bonds is 5. The molecule has 3 aromatic carbocycles. The molecular weight excluding hydrogens is 310 g/mol. The van der Waals surface area contributed by atoms with E-state index in [0.717, 1.165) is 28.4 Å². The molecule has 0 atom stereocenters. The number of anilines is 2. The lowest BCUT2D eigenvalue weighted by Crippen LogP contribution is -1.93. The summed E-state index contributed by atoms with van der Waals surface area (Å²) in [5, 5.41) is 12.1. The number of hydrogen-bond acceptors (Lipinski definition) is 4. The Balaban J connectivity index is 1.69. The van der Waals surface area contributed by atoms with Gasteiger partial charge in [-0.3, -0.25) is 4.99 Å². The second-order valence-electron chi connectivity index (χ2n) is 5.36. The Morgan fingerprint density at radius 2 is 1.68 bits per heavy atom. The van der Waals surface area contributed by atoms with Crippen LogP contribution in [0.5, 0.6) is 5.75 Å². The number of nitrogens with one attached hydrogen (secondary N) is 1. The maximum atomic E-state index is 8.80. The molecule has 0 aromatic heterocycles. The number of hydrogen-bond donors (Lipinski definition) is 1. The normalized spacial score (nSPS) is 10.4. The minimum absolute atomic E-state index is 0.643. The summed E-state index contributed by atoms with van der Waals surface area (Å²) >= 11 is 0. The van der Waals surface area contributed by atoms with Gasteiger partial charge < -0.3 is 10.1 Å². The Labute approximate surface area is 147 Å². The van der Waals surface area contributed by atoms with E-state index in [2.05, 4.69) is 16.4 Å². The highest BCUT2D eigenvalue weighted by Gasteiger charge is 2.01. The third-order valence-electron chi connectivity index (χ3n) is 3.66. The number of nitriles is 1. The minimum Gasteiger partial charge on any atom is -0.495 e. The summed E-state index contributed by atoms with van der Waals surface area (Å²) in [4.78, 5) is 4.45. The largest absolute Gasteiger partial charge is 0.495 e. The van der Waals surface area contributed by atoms with E-state index in [1.807, 2.05) is 60.7 Å². The van der Waals surface area contributed by atoms with Gasteiger partial charge in [-0.15, -0.1) is 0 Å². The Morgan fingerprint density at radius 1 is 0.960 bits per heavy atom. The van der Waals surface area contributed by atoms with Gasteiger partial charge in [0.05, 0.1) is 30.1 Å². The quantitative estimate of drug-likeness (QED) is 0.666. The zero-order valence-corrected chi connectivity index (χ0v) is 13.8. The number of methoxy groups -OCH3 is 1. The van der Waals surface area contributed by atoms with Crippen LogP contribution in [-0.2, 0) is 0 Å². The first-order valence-corrected chi connectivity index (χ1v) is 7.83. The lowest BCUT2D eigenvalue weighted by molar-refractivity contribution is 0.417. The van der Waals surface area contributed by atoms with Crippen LogP contribution in [0.25, 0.3) is 0 Å². The maximum absolute atomic E-state index is 8.80. The molecule has 0 amide bonds. The van der Waals surface area contributed by atoms with Gasteiger partial charge in [0, 0.05) is 11.9 Å². The van der Waals surface area contributed by atoms with Crippen molar-refractivity contribution in [2.75, 3.05) is 12.4 Å². The first-order chi connectivity index (χ1) is 12.3. The molecule has 0 unspecified atom stereocenters. The lowest BCUT2D eigenvalue weighted by Gasteiger charge is -2.10. The van der Waals surface area contributed by atoms with E-state index in [0.29, 0.717) is 5.56 Å². The molecule has 0 radical (unpaired) electrons. The highest BCUT2D eigenvalue weighted by atomic mass is 16.5. The average molecular weight is 327 g/mol. The van der Waals surface area contributed by atoms with E-state index >= 15 is 0 Å². The summed E-state index contributed by atoms with van der Waals surface area (Å²) in [6, 6.07) is 25.0. The maximum Gasteiger partial charge on any atom is 0.142 e. The van der Waals surface area contributed by atoms with Gasteiger partial charge in [0.2, 0.25) is 0 Å². The molecule has 0 aliphatic rings. The first kappa shape index (κ1) is 16.3. The molecule has 25 heavy (non-hydrogen) atoms. The summed E-state index contributed by atoms with van der Waals surface area (Å²) in [7, 11) is 1.65. The highest BCUT2D eigenvalue weighted by molar-refractivity contribution is 5.82. The van der Waals surface area contributed by atoms with E-state index in [-0.39, 0.29) is 0 Å². The zero-order valence-electron chi connectivity index (χ0n) is 13.8. The molecule has 0 fully saturated rings. The molecule has 4 heteroatoms. The molecule has 0 saturated carbocycles. The fourth-order valence-corrected chi connectivity index (χ4v) is 2.33. The summed E-state index contributed by atoms with van der Waals surface area (Å²) in [6.07, 6.45) is 1.78. The van der Waals surface area contributed by atoms with Crippen LogP contribution in [0.3, 0.4) is 0 Å². The van der Waals surface area contributed by atoms with Gasteiger partial charge in [-0.25, -0.2) is 0 Å². The summed E-state index contributed by atoms with van der Waals surface area (Å²) in [5.74, 6) is 0.797. The van der Waals surface area contributed by atoms with Gasteiger partial charge in [-0.2, -0.15) is 5.26 Å². The van der Waals surface area contributed by atoms with Crippen molar-refractivity contribution in [2.45, 2.75) is 0 Å². The Morgan fingerprint density at radius 3 is 2.36 bits per heavy atom. The highest BCUT2D eigenvalue weighted by Crippen LogP contribution is 2.27. The fraction of sp³-hybridized carbons (Fsp3) is 0.0476. The molecule has 4 nitrogen and oxygen atoms in total. The second-order valence-corrected chi connectivity index (χ2v) is 5.36. The van der Waals surface area contributed by atoms with Crippen LogP contribution in [0.1, 0.15) is 11.1 Å². The van der Waals surface area contributed by atoms with Gasteiger partial charge in [0.25, 0.3) is 0 Å². The van der Waals surface area contributed by atoms with Crippen molar-refractivity contribution in [1.82, 2.24) is 0 Å². The van der Waals surface area contributed by atoms with E-state index in [4.69, 9.17) is 10.00 Å². The molecule has 122 valence electrons. The molecule has 0 aliphatic carbocycles. The first-order valence-electron chi connectivity index (χ1n) is 7.83. The molecule has 3 aromatic rings. The standard InChI is InChI=1S/C21H17N3O/c1-25-21-5-3-2-4-20(21)24-19-12-10-18(11-13-19)23-15-17-8-6-16(14-22)7-9-17/h2-13,15,24H,1H3. The van der Waals surface area contributed by atoms with Crippen LogP contribution >= 0.6 is 0 Å². The fourth-order valence-electron chi connectivity index (χ4n) is 2.33. The smallest absolute Gasteiger partial charge is 0.142 e. The summed E-state index contributed by atoms with van der Waals surface area (Å²) in [6.45, 7) is 0. The molecule has 0 aliphatic heterocycles. The van der Waals surface area contributed by atoms with Crippen molar-refractivity contribution in [2.24, 2.45) is 4.99 Å². The molecule has 3 rings (SSSR count). The zero-order chi connectivity index (χ0) is 17.5. The third-order valence-corrected chi connectivity index (χ3v) is 3.66. The second kappa shape index (κ2) is 7.80. The molecule has 1 N–H and O–H groups in total. The van der Waals surface area contributed by atoms with Crippen LogP contribution in [0.2, 0.25) is 0 Å². The van der Waals surface area contributed by atoms with Crippen molar-refractivity contribution < 1.29 is 4.74 Å². The number of para-hydroxylation sites is 2. The van der Waals surface area contributed by atoms with Crippen LogP contribution in [-0.4, -0.2) is 13.3 Å². The van der Waals surface area contributed by atoms with Crippen molar-refractivity contribution >= 4 is 23.3 Å². The number of ether oxygens (including phenoxy) is 1. The molecule has 0 spiro atoms. The van der Waals surface area contributed by atoms with Gasteiger partial charge in [-0.05, 0) is 54.1 Å². The van der Waals surface area contributed by atoms with Gasteiger partial charge >= 0.3 is 0 Å². The Bertz CT molecular complexity index is 907. The van der Waals surface area contributed by atoms with Gasteiger partial charge in [-0.1, -0.05) is 24.3 Å². The SMILES string of the molecule is COc1ccccc1Nc1ccc(N=Cc2ccc(C#N)cc2)cc1.